The van der Waals surface area contributed by atoms with Crippen LogP contribution in [-0.4, -0.2) is 26.5 Å². The topological polar surface area (TPSA) is 72.2 Å². The Labute approximate surface area is 68.0 Å². The Morgan fingerprint density at radius 1 is 1.42 bits per heavy atom. The van der Waals surface area contributed by atoms with Gasteiger partial charge in [-0.2, -0.15) is 0 Å². The molecule has 0 bridgehead atoms. The summed E-state index contributed by atoms with van der Waals surface area (Å²) in [6, 6.07) is 0. The highest BCUT2D eigenvalue weighted by molar-refractivity contribution is 5.95. The Bertz CT molecular complexity index is 313. The zero-order chi connectivity index (χ0) is 8.97. The van der Waals surface area contributed by atoms with Gasteiger partial charge in [-0.25, -0.2) is 9.78 Å². The number of imidazole rings is 1. The van der Waals surface area contributed by atoms with Crippen molar-refractivity contribution in [3.8, 4) is 0 Å². The molecule has 0 fully saturated rings. The molecule has 1 aromatic heterocycles. The van der Waals surface area contributed by atoms with Crippen molar-refractivity contribution in [3.05, 3.63) is 30.9 Å². The van der Waals surface area contributed by atoms with E-state index in [0.29, 0.717) is 0 Å². The van der Waals surface area contributed by atoms with Gasteiger partial charge in [0.25, 0.3) is 5.91 Å². The van der Waals surface area contributed by atoms with Gasteiger partial charge >= 0.3 is 5.97 Å². The third kappa shape index (κ3) is 2.05. The fraction of sp³-hybridized carbons (Fsp3) is 0. The lowest BCUT2D eigenvalue weighted by Crippen LogP contribution is -2.04. The van der Waals surface area contributed by atoms with Gasteiger partial charge in [-0.1, -0.05) is 0 Å². The summed E-state index contributed by atoms with van der Waals surface area (Å²) in [7, 11) is 0. The molecule has 1 heterocycles. The first-order chi connectivity index (χ1) is 5.70. The normalized spacial score (nSPS) is 10.3. The summed E-state index contributed by atoms with van der Waals surface area (Å²) in [5.74, 6) is -1.58. The maximum Gasteiger partial charge on any atom is 0.328 e. The second-order valence-corrected chi connectivity index (χ2v) is 1.98. The van der Waals surface area contributed by atoms with Gasteiger partial charge in [-0.3, -0.25) is 9.36 Å². The van der Waals surface area contributed by atoms with E-state index in [1.54, 1.807) is 0 Å². The molecule has 0 aromatic carbocycles. The Balaban J connectivity index is 2.68. The summed E-state index contributed by atoms with van der Waals surface area (Å²) < 4.78 is 1.18. The lowest BCUT2D eigenvalue weighted by Gasteiger charge is -1.90. The fourth-order valence-corrected chi connectivity index (χ4v) is 0.618. The number of carboxylic acid groups (broad SMARTS) is 1. The summed E-state index contributed by atoms with van der Waals surface area (Å²) in [5.41, 5.74) is 0. The summed E-state index contributed by atoms with van der Waals surface area (Å²) >= 11 is 0. The van der Waals surface area contributed by atoms with Crippen molar-refractivity contribution in [1.29, 1.82) is 0 Å². The van der Waals surface area contributed by atoms with Crippen LogP contribution in [0.2, 0.25) is 0 Å². The Hall–Kier alpha value is -1.91. The zero-order valence-corrected chi connectivity index (χ0v) is 6.04. The van der Waals surface area contributed by atoms with Crippen molar-refractivity contribution in [2.75, 3.05) is 0 Å². The van der Waals surface area contributed by atoms with Crippen LogP contribution in [-0.2, 0) is 4.79 Å². The molecule has 0 spiro atoms. The predicted molar refractivity (Wildman–Crippen MR) is 39.6 cm³/mol. The van der Waals surface area contributed by atoms with Gasteiger partial charge in [-0.15, -0.1) is 0 Å². The maximum atomic E-state index is 11.0. The molecular formula is C7H6N2O3. The molecule has 62 valence electrons. The molecule has 5 nitrogen and oxygen atoms in total. The van der Waals surface area contributed by atoms with Crippen LogP contribution in [0.5, 0.6) is 0 Å². The van der Waals surface area contributed by atoms with Crippen molar-refractivity contribution in [1.82, 2.24) is 9.55 Å². The molecule has 1 aromatic rings. The lowest BCUT2D eigenvalue weighted by molar-refractivity contribution is -0.131. The Kier molecular flexibility index (Phi) is 2.37. The van der Waals surface area contributed by atoms with E-state index in [-0.39, 0.29) is 0 Å². The number of nitrogens with zero attached hydrogens (tertiary/aromatic N) is 2. The molecule has 12 heavy (non-hydrogen) atoms. The highest BCUT2D eigenvalue weighted by Crippen LogP contribution is 1.87. The first kappa shape index (κ1) is 8.19. The zero-order valence-electron chi connectivity index (χ0n) is 6.04. The molecule has 1 rings (SSSR count). The Morgan fingerprint density at radius 2 is 2.17 bits per heavy atom. The third-order valence-corrected chi connectivity index (χ3v) is 1.13. The van der Waals surface area contributed by atoms with Gasteiger partial charge in [0.1, 0.15) is 6.33 Å². The van der Waals surface area contributed by atoms with Crippen LogP contribution in [0.1, 0.15) is 4.79 Å². The number of allylic oxidation sites excluding steroid dienone is 1. The standard InChI is InChI=1S/C7H6N2O3/c10-6(1-2-7(11)12)9-4-3-8-5-9/h1-5H,(H,11,12)/b2-1+. The van der Waals surface area contributed by atoms with Gasteiger partial charge < -0.3 is 5.11 Å². The number of rotatable bonds is 2. The van der Waals surface area contributed by atoms with Crippen LogP contribution >= 0.6 is 0 Å². The highest BCUT2D eigenvalue weighted by atomic mass is 16.4. The summed E-state index contributed by atoms with van der Waals surface area (Å²) in [6.07, 6.45) is 5.92. The number of aromatic nitrogens is 2. The monoisotopic (exact) mass is 166 g/mol. The third-order valence-electron chi connectivity index (χ3n) is 1.13. The largest absolute Gasteiger partial charge is 0.478 e. The molecule has 5 heteroatoms. The van der Waals surface area contributed by atoms with E-state index in [0.717, 1.165) is 12.2 Å². The van der Waals surface area contributed by atoms with Crippen molar-refractivity contribution >= 4 is 11.9 Å². The predicted octanol–water partition coefficient (Wildman–Crippen LogP) is 0.164. The molecule has 0 saturated carbocycles. The number of carbonyl (C=O) groups excluding carboxylic acids is 1. The van der Waals surface area contributed by atoms with E-state index < -0.39 is 11.9 Å². The summed E-state index contributed by atoms with van der Waals surface area (Å²) in [5, 5.41) is 8.20. The van der Waals surface area contributed by atoms with Gasteiger partial charge in [0.05, 0.1) is 0 Å². The SMILES string of the molecule is O=C(O)/C=C/C(=O)n1ccnc1. The average molecular weight is 166 g/mol. The number of hydrogen-bond acceptors (Lipinski definition) is 3. The van der Waals surface area contributed by atoms with Crippen LogP contribution in [0.25, 0.3) is 0 Å². The molecular weight excluding hydrogens is 160 g/mol. The van der Waals surface area contributed by atoms with Gasteiger partial charge in [0.15, 0.2) is 0 Å². The summed E-state index contributed by atoms with van der Waals surface area (Å²) in [4.78, 5) is 24.6. The van der Waals surface area contributed by atoms with Gasteiger partial charge in [-0.05, 0) is 0 Å². The molecule has 0 aliphatic heterocycles. The molecule has 0 atom stereocenters. The van der Waals surface area contributed by atoms with E-state index in [4.69, 9.17) is 5.11 Å². The first-order valence-electron chi connectivity index (χ1n) is 3.13. The van der Waals surface area contributed by atoms with Crippen LogP contribution in [0.4, 0.5) is 0 Å². The minimum atomic E-state index is -1.15. The van der Waals surface area contributed by atoms with Crippen molar-refractivity contribution < 1.29 is 14.7 Å². The van der Waals surface area contributed by atoms with E-state index >= 15 is 0 Å². The van der Waals surface area contributed by atoms with Crippen LogP contribution in [0.3, 0.4) is 0 Å². The van der Waals surface area contributed by atoms with E-state index in [9.17, 15) is 9.59 Å². The molecule has 0 radical (unpaired) electrons. The van der Waals surface area contributed by atoms with E-state index in [2.05, 4.69) is 4.98 Å². The smallest absolute Gasteiger partial charge is 0.328 e. The van der Waals surface area contributed by atoms with Crippen molar-refractivity contribution in [2.24, 2.45) is 0 Å². The fourth-order valence-electron chi connectivity index (χ4n) is 0.618. The average Bonchev–Trinajstić information content (AvgIpc) is 2.51. The molecule has 0 aliphatic rings. The summed E-state index contributed by atoms with van der Waals surface area (Å²) in [6.45, 7) is 0. The first-order valence-corrected chi connectivity index (χ1v) is 3.13. The van der Waals surface area contributed by atoms with Crippen molar-refractivity contribution in [2.45, 2.75) is 0 Å². The maximum absolute atomic E-state index is 11.0. The van der Waals surface area contributed by atoms with E-state index in [1.807, 2.05) is 0 Å². The quantitative estimate of drug-likeness (QED) is 0.635. The second kappa shape index (κ2) is 3.47. The van der Waals surface area contributed by atoms with Gasteiger partial charge in [0.2, 0.25) is 0 Å². The highest BCUT2D eigenvalue weighted by Gasteiger charge is 1.98. The van der Waals surface area contributed by atoms with E-state index in [1.165, 1.54) is 23.3 Å². The molecule has 0 saturated heterocycles. The minimum absolute atomic E-state index is 0.435. The van der Waals surface area contributed by atoms with Gasteiger partial charge in [0, 0.05) is 24.5 Å². The van der Waals surface area contributed by atoms with Crippen LogP contribution < -0.4 is 0 Å². The number of carbonyl (C=O) groups is 2. The molecule has 1 N–H and O–H groups in total. The minimum Gasteiger partial charge on any atom is -0.478 e. The molecule has 0 aliphatic carbocycles. The lowest BCUT2D eigenvalue weighted by atomic mass is 10.4. The molecule has 0 amide bonds. The Morgan fingerprint density at radius 3 is 2.67 bits per heavy atom. The number of hydrogen-bond donors (Lipinski definition) is 1. The number of carboxylic acids is 1. The molecule has 0 unspecified atom stereocenters. The number of aliphatic carboxylic acids is 1. The second-order valence-electron chi connectivity index (χ2n) is 1.98. The van der Waals surface area contributed by atoms with Crippen LogP contribution in [0, 0.1) is 0 Å². The van der Waals surface area contributed by atoms with Crippen LogP contribution in [0.15, 0.2) is 30.9 Å². The van der Waals surface area contributed by atoms with Crippen molar-refractivity contribution in [3.63, 3.8) is 0 Å².